The quantitative estimate of drug-likeness (QED) is 0.356. The molecule has 0 aliphatic carbocycles. The van der Waals surface area contributed by atoms with E-state index in [4.69, 9.17) is 14.7 Å². The zero-order chi connectivity index (χ0) is 3.58. The molecule has 5 heteroatoms. The van der Waals surface area contributed by atoms with Crippen molar-refractivity contribution in [3.8, 4) is 0 Å². The van der Waals surface area contributed by atoms with Crippen LogP contribution in [-0.2, 0) is 0 Å². The summed E-state index contributed by atoms with van der Waals surface area (Å²) in [5.41, 5.74) is 0. The fourth-order valence-corrected chi connectivity index (χ4v) is 0. The molecule has 0 aromatic heterocycles. The third kappa shape index (κ3) is 369. The van der Waals surface area contributed by atoms with Gasteiger partial charge in [-0.3, -0.25) is 4.70 Å². The Hall–Kier alpha value is 0.240. The van der Waals surface area contributed by atoms with E-state index in [1.54, 1.807) is 0 Å². The SMILES string of the molecule is F.OP(O)O. The van der Waals surface area contributed by atoms with Crippen molar-refractivity contribution in [1.82, 2.24) is 0 Å². The summed E-state index contributed by atoms with van der Waals surface area (Å²) in [6.07, 6.45) is 0. The van der Waals surface area contributed by atoms with Crippen molar-refractivity contribution in [2.45, 2.75) is 0 Å². The van der Waals surface area contributed by atoms with Gasteiger partial charge in [-0.2, -0.15) is 0 Å². The molecule has 0 fully saturated rings. The van der Waals surface area contributed by atoms with Gasteiger partial charge in [-0.15, -0.1) is 0 Å². The van der Waals surface area contributed by atoms with Crippen LogP contribution in [0.25, 0.3) is 0 Å². The van der Waals surface area contributed by atoms with Crippen molar-refractivity contribution < 1.29 is 19.4 Å². The van der Waals surface area contributed by atoms with E-state index in [9.17, 15) is 0 Å². The highest BCUT2D eigenvalue weighted by atomic mass is 31.2. The molecule has 0 atom stereocenters. The smallest absolute Gasteiger partial charge is 0.324 e. The van der Waals surface area contributed by atoms with Gasteiger partial charge in [0.15, 0.2) is 0 Å². The van der Waals surface area contributed by atoms with Crippen LogP contribution in [0.1, 0.15) is 0 Å². The Morgan fingerprint density at radius 1 is 1.00 bits per heavy atom. The molecule has 0 aliphatic heterocycles. The number of hydrogen-bond acceptors (Lipinski definition) is 3. The van der Waals surface area contributed by atoms with Gasteiger partial charge in [0.2, 0.25) is 0 Å². The minimum atomic E-state index is -2.62. The molecule has 34 valence electrons. The van der Waals surface area contributed by atoms with Gasteiger partial charge in [0, 0.05) is 0 Å². The normalized spacial score (nSPS) is 7.20. The first-order valence-electron chi connectivity index (χ1n) is 0.600. The average Bonchev–Trinajstić information content (AvgIpc) is 0.811. The molecular weight excluding hydrogens is 98.0 g/mol. The van der Waals surface area contributed by atoms with Gasteiger partial charge >= 0.3 is 8.60 Å². The van der Waals surface area contributed by atoms with Gasteiger partial charge in [0.25, 0.3) is 0 Å². The molecule has 0 aliphatic rings. The van der Waals surface area contributed by atoms with Crippen LogP contribution in [0.4, 0.5) is 4.70 Å². The van der Waals surface area contributed by atoms with Crippen molar-refractivity contribution >= 4 is 8.60 Å². The molecule has 0 amide bonds. The van der Waals surface area contributed by atoms with Crippen LogP contribution >= 0.6 is 8.60 Å². The fraction of sp³-hybridized carbons (Fsp3) is 0. The lowest BCUT2D eigenvalue weighted by molar-refractivity contribution is 0.368. The van der Waals surface area contributed by atoms with E-state index < -0.39 is 8.60 Å². The van der Waals surface area contributed by atoms with Crippen LogP contribution in [0.3, 0.4) is 0 Å². The minimum absolute atomic E-state index is 0. The second-order valence-corrected chi connectivity index (χ2v) is 0.805. The first-order valence-corrected chi connectivity index (χ1v) is 1.80. The van der Waals surface area contributed by atoms with Gasteiger partial charge in [-0.05, 0) is 0 Å². The fourth-order valence-electron chi connectivity index (χ4n) is 0. The maximum absolute atomic E-state index is 7.23. The first-order chi connectivity index (χ1) is 1.73. The van der Waals surface area contributed by atoms with E-state index in [0.29, 0.717) is 0 Å². The third-order valence-electron chi connectivity index (χ3n) is 0. The van der Waals surface area contributed by atoms with E-state index in [-0.39, 0.29) is 4.70 Å². The van der Waals surface area contributed by atoms with Crippen molar-refractivity contribution in [2.75, 3.05) is 0 Å². The number of hydrogen-bond donors (Lipinski definition) is 3. The maximum Gasteiger partial charge on any atom is 0.324 e. The standard InChI is InChI=1S/FH.H3O3P/c;1-4(2)3/h1H;1-3H. The topological polar surface area (TPSA) is 60.7 Å². The highest BCUT2D eigenvalue weighted by Gasteiger charge is 1.76. The average molecular weight is 102 g/mol. The summed E-state index contributed by atoms with van der Waals surface area (Å²) in [5.74, 6) is 0. The Balaban J connectivity index is 0. The summed E-state index contributed by atoms with van der Waals surface area (Å²) in [6.45, 7) is 0. The van der Waals surface area contributed by atoms with Crippen molar-refractivity contribution in [1.29, 1.82) is 0 Å². The molecule has 0 radical (unpaired) electrons. The summed E-state index contributed by atoms with van der Waals surface area (Å²) in [5, 5.41) is 0. The molecule has 0 aromatic carbocycles. The Morgan fingerprint density at radius 3 is 1.00 bits per heavy atom. The van der Waals surface area contributed by atoms with Gasteiger partial charge < -0.3 is 14.7 Å². The lowest BCUT2D eigenvalue weighted by atomic mass is 15.8. The van der Waals surface area contributed by atoms with E-state index in [1.807, 2.05) is 0 Å². The Bertz CT molecular complexity index is 11.6. The van der Waals surface area contributed by atoms with Crippen LogP contribution in [0, 0.1) is 0 Å². The van der Waals surface area contributed by atoms with Crippen LogP contribution < -0.4 is 0 Å². The molecule has 0 heterocycles. The highest BCUT2D eigenvalue weighted by molar-refractivity contribution is 7.38. The Kier molecular flexibility index (Phi) is 7.61. The molecule has 5 heavy (non-hydrogen) atoms. The van der Waals surface area contributed by atoms with Crippen LogP contribution in [0.15, 0.2) is 0 Å². The number of halogens is 1. The zero-order valence-electron chi connectivity index (χ0n) is 2.20. The monoisotopic (exact) mass is 102 g/mol. The van der Waals surface area contributed by atoms with Crippen LogP contribution in [0.5, 0.6) is 0 Å². The van der Waals surface area contributed by atoms with E-state index in [0.717, 1.165) is 0 Å². The molecule has 0 aromatic rings. The summed E-state index contributed by atoms with van der Waals surface area (Å²) >= 11 is 0. The summed E-state index contributed by atoms with van der Waals surface area (Å²) in [6, 6.07) is 0. The van der Waals surface area contributed by atoms with E-state index in [2.05, 4.69) is 0 Å². The highest BCUT2D eigenvalue weighted by Crippen LogP contribution is 2.11. The second kappa shape index (κ2) is 4.24. The summed E-state index contributed by atoms with van der Waals surface area (Å²) in [4.78, 5) is 21.7. The lowest BCUT2D eigenvalue weighted by Crippen LogP contribution is -1.54. The number of rotatable bonds is 0. The molecule has 0 spiro atoms. The summed E-state index contributed by atoms with van der Waals surface area (Å²) < 4.78 is 0. The predicted octanol–water partition coefficient (Wildman–Crippen LogP) is -0.657. The van der Waals surface area contributed by atoms with Crippen molar-refractivity contribution in [3.63, 3.8) is 0 Å². The Morgan fingerprint density at radius 2 is 1.00 bits per heavy atom. The van der Waals surface area contributed by atoms with Gasteiger partial charge in [-0.1, -0.05) is 0 Å². The first kappa shape index (κ1) is 8.97. The van der Waals surface area contributed by atoms with E-state index >= 15 is 0 Å². The molecular formula is H4FO3P. The third-order valence-corrected chi connectivity index (χ3v) is 0. The molecule has 3 nitrogen and oxygen atoms in total. The molecule has 0 saturated carbocycles. The molecule has 0 rings (SSSR count). The zero-order valence-corrected chi connectivity index (χ0v) is 3.09. The molecule has 0 bridgehead atoms. The minimum Gasteiger partial charge on any atom is -0.328 e. The molecule has 3 N–H and O–H groups in total. The second-order valence-electron chi connectivity index (χ2n) is 0.268. The largest absolute Gasteiger partial charge is 0.328 e. The van der Waals surface area contributed by atoms with Crippen molar-refractivity contribution in [2.24, 2.45) is 0 Å². The Labute approximate surface area is 29.2 Å². The maximum atomic E-state index is 7.23. The van der Waals surface area contributed by atoms with Crippen LogP contribution in [0.2, 0.25) is 0 Å². The van der Waals surface area contributed by atoms with Gasteiger partial charge in [0.05, 0.1) is 0 Å². The molecule has 0 saturated heterocycles. The molecule has 0 unspecified atom stereocenters. The lowest BCUT2D eigenvalue weighted by Gasteiger charge is -1.76. The van der Waals surface area contributed by atoms with Gasteiger partial charge in [-0.25, -0.2) is 0 Å². The van der Waals surface area contributed by atoms with Gasteiger partial charge in [0.1, 0.15) is 0 Å². The summed E-state index contributed by atoms with van der Waals surface area (Å²) in [7, 11) is -2.62. The predicted molar refractivity (Wildman–Crippen MR) is 16.1 cm³/mol. The van der Waals surface area contributed by atoms with Crippen molar-refractivity contribution in [3.05, 3.63) is 0 Å². The van der Waals surface area contributed by atoms with Crippen LogP contribution in [-0.4, -0.2) is 14.7 Å². The van der Waals surface area contributed by atoms with E-state index in [1.165, 1.54) is 0 Å².